The lowest BCUT2D eigenvalue weighted by atomic mass is 10.2. The zero-order valence-corrected chi connectivity index (χ0v) is 11.8. The molecule has 4 nitrogen and oxygen atoms in total. The molecule has 2 rings (SSSR count). The van der Waals surface area contributed by atoms with Gasteiger partial charge in [-0.3, -0.25) is 4.79 Å². The minimum absolute atomic E-state index is 0.0653. The van der Waals surface area contributed by atoms with E-state index in [-0.39, 0.29) is 11.9 Å². The molecular weight excluding hydrogens is 240 g/mol. The Hall–Kier alpha value is -1.55. The van der Waals surface area contributed by atoms with Crippen molar-refractivity contribution in [3.8, 4) is 5.75 Å². The Morgan fingerprint density at radius 2 is 2.32 bits per heavy atom. The van der Waals surface area contributed by atoms with Gasteiger partial charge in [-0.2, -0.15) is 0 Å². The SMILES string of the molecule is Cc1cccc(OC(C)C(=O)N2CCNC[C@@H]2C)c1. The Morgan fingerprint density at radius 1 is 1.53 bits per heavy atom. The van der Waals surface area contributed by atoms with E-state index in [0.717, 1.165) is 30.9 Å². The first kappa shape index (κ1) is 13.9. The summed E-state index contributed by atoms with van der Waals surface area (Å²) in [5, 5.41) is 3.28. The standard InChI is InChI=1S/C15H22N2O2/c1-11-5-4-6-14(9-11)19-13(3)15(18)17-8-7-16-10-12(17)2/h4-6,9,12-13,16H,7-8,10H2,1-3H3/t12-,13?/m0/s1. The average Bonchev–Trinajstić information content (AvgIpc) is 2.38. The van der Waals surface area contributed by atoms with E-state index in [2.05, 4.69) is 12.2 Å². The van der Waals surface area contributed by atoms with Crippen molar-refractivity contribution in [1.82, 2.24) is 10.2 Å². The zero-order chi connectivity index (χ0) is 13.8. The van der Waals surface area contributed by atoms with Gasteiger partial charge in [0, 0.05) is 25.7 Å². The largest absolute Gasteiger partial charge is 0.481 e. The van der Waals surface area contributed by atoms with E-state index in [9.17, 15) is 4.79 Å². The number of benzene rings is 1. The van der Waals surface area contributed by atoms with Gasteiger partial charge < -0.3 is 15.0 Å². The molecule has 0 aromatic heterocycles. The smallest absolute Gasteiger partial charge is 0.263 e. The van der Waals surface area contributed by atoms with Crippen LogP contribution in [0, 0.1) is 6.92 Å². The van der Waals surface area contributed by atoms with Crippen LogP contribution in [0.3, 0.4) is 0 Å². The van der Waals surface area contributed by atoms with Crippen molar-refractivity contribution in [2.24, 2.45) is 0 Å². The lowest BCUT2D eigenvalue weighted by molar-refractivity contribution is -0.140. The first-order valence-corrected chi connectivity index (χ1v) is 6.82. The minimum atomic E-state index is -0.442. The number of carbonyl (C=O) groups is 1. The highest BCUT2D eigenvalue weighted by Gasteiger charge is 2.27. The van der Waals surface area contributed by atoms with E-state index in [1.807, 2.05) is 43.0 Å². The van der Waals surface area contributed by atoms with E-state index in [4.69, 9.17) is 4.74 Å². The normalized spacial score (nSPS) is 21.0. The number of nitrogens with zero attached hydrogens (tertiary/aromatic N) is 1. The van der Waals surface area contributed by atoms with Crippen molar-refractivity contribution in [1.29, 1.82) is 0 Å². The highest BCUT2D eigenvalue weighted by molar-refractivity contribution is 5.81. The molecule has 1 aliphatic rings. The summed E-state index contributed by atoms with van der Waals surface area (Å²) in [6.45, 7) is 8.35. The molecule has 1 saturated heterocycles. The maximum absolute atomic E-state index is 12.4. The first-order chi connectivity index (χ1) is 9.08. The van der Waals surface area contributed by atoms with Gasteiger partial charge in [-0.15, -0.1) is 0 Å². The molecule has 1 unspecified atom stereocenters. The molecule has 1 N–H and O–H groups in total. The predicted octanol–water partition coefficient (Wildman–Crippen LogP) is 1.58. The van der Waals surface area contributed by atoms with Gasteiger partial charge in [-0.05, 0) is 38.5 Å². The number of carbonyl (C=O) groups excluding carboxylic acids is 1. The quantitative estimate of drug-likeness (QED) is 0.899. The van der Waals surface area contributed by atoms with Crippen LogP contribution < -0.4 is 10.1 Å². The molecule has 4 heteroatoms. The van der Waals surface area contributed by atoms with E-state index in [0.29, 0.717) is 0 Å². The first-order valence-electron chi connectivity index (χ1n) is 6.82. The third-order valence-electron chi connectivity index (χ3n) is 3.43. The molecular formula is C15H22N2O2. The average molecular weight is 262 g/mol. The molecule has 0 aliphatic carbocycles. The highest BCUT2D eigenvalue weighted by Crippen LogP contribution is 2.16. The van der Waals surface area contributed by atoms with Crippen molar-refractivity contribution >= 4 is 5.91 Å². The Bertz CT molecular complexity index is 448. The Morgan fingerprint density at radius 3 is 3.00 bits per heavy atom. The third-order valence-corrected chi connectivity index (χ3v) is 3.43. The number of piperazine rings is 1. The minimum Gasteiger partial charge on any atom is -0.481 e. The van der Waals surface area contributed by atoms with Gasteiger partial charge in [0.1, 0.15) is 5.75 Å². The maximum atomic E-state index is 12.4. The molecule has 0 saturated carbocycles. The van der Waals surface area contributed by atoms with Crippen molar-refractivity contribution in [2.45, 2.75) is 32.9 Å². The van der Waals surface area contributed by atoms with Gasteiger partial charge in [-0.1, -0.05) is 12.1 Å². The lowest BCUT2D eigenvalue weighted by Gasteiger charge is -2.35. The van der Waals surface area contributed by atoms with Crippen molar-refractivity contribution in [2.75, 3.05) is 19.6 Å². The van der Waals surface area contributed by atoms with Crippen LogP contribution in [0.5, 0.6) is 5.75 Å². The summed E-state index contributed by atoms with van der Waals surface area (Å²) in [6, 6.07) is 8.01. The second-order valence-electron chi connectivity index (χ2n) is 5.16. The Kier molecular flexibility index (Phi) is 4.43. The Labute approximate surface area is 114 Å². The topological polar surface area (TPSA) is 41.6 Å². The monoisotopic (exact) mass is 262 g/mol. The number of aryl methyl sites for hydroxylation is 1. The fraction of sp³-hybridized carbons (Fsp3) is 0.533. The molecule has 0 bridgehead atoms. The van der Waals surface area contributed by atoms with Crippen LogP contribution >= 0.6 is 0 Å². The molecule has 19 heavy (non-hydrogen) atoms. The predicted molar refractivity (Wildman–Crippen MR) is 75.3 cm³/mol. The number of ether oxygens (including phenoxy) is 1. The van der Waals surface area contributed by atoms with Crippen LogP contribution in [-0.2, 0) is 4.79 Å². The van der Waals surface area contributed by atoms with Gasteiger partial charge in [-0.25, -0.2) is 0 Å². The summed E-state index contributed by atoms with van der Waals surface area (Å²) in [6.07, 6.45) is -0.442. The van der Waals surface area contributed by atoms with E-state index < -0.39 is 6.10 Å². The molecule has 0 radical (unpaired) electrons. The fourth-order valence-corrected chi connectivity index (χ4v) is 2.35. The molecule has 1 heterocycles. The van der Waals surface area contributed by atoms with Gasteiger partial charge >= 0.3 is 0 Å². The molecule has 1 amide bonds. The van der Waals surface area contributed by atoms with E-state index in [1.54, 1.807) is 0 Å². The second kappa shape index (κ2) is 6.06. The summed E-state index contributed by atoms with van der Waals surface area (Å²) in [7, 11) is 0. The maximum Gasteiger partial charge on any atom is 0.263 e. The summed E-state index contributed by atoms with van der Waals surface area (Å²) in [4.78, 5) is 14.3. The molecule has 104 valence electrons. The van der Waals surface area contributed by atoms with Crippen LogP contribution in [-0.4, -0.2) is 42.6 Å². The second-order valence-corrected chi connectivity index (χ2v) is 5.16. The molecule has 1 aromatic carbocycles. The number of rotatable bonds is 3. The summed E-state index contributed by atoms with van der Waals surface area (Å²) < 4.78 is 5.75. The van der Waals surface area contributed by atoms with Crippen LogP contribution in [0.2, 0.25) is 0 Å². The van der Waals surface area contributed by atoms with Gasteiger partial charge in [0.15, 0.2) is 6.10 Å². The number of hydrogen-bond acceptors (Lipinski definition) is 3. The molecule has 0 spiro atoms. The number of amides is 1. The summed E-state index contributed by atoms with van der Waals surface area (Å²) in [5.74, 6) is 0.819. The van der Waals surface area contributed by atoms with Crippen LogP contribution in [0.25, 0.3) is 0 Å². The molecule has 1 aliphatic heterocycles. The van der Waals surface area contributed by atoms with Crippen LogP contribution in [0.15, 0.2) is 24.3 Å². The van der Waals surface area contributed by atoms with E-state index in [1.165, 1.54) is 0 Å². The number of nitrogens with one attached hydrogen (secondary N) is 1. The van der Waals surface area contributed by atoms with Gasteiger partial charge in [0.05, 0.1) is 0 Å². The van der Waals surface area contributed by atoms with Gasteiger partial charge in [0.25, 0.3) is 5.91 Å². The van der Waals surface area contributed by atoms with Crippen LogP contribution in [0.4, 0.5) is 0 Å². The van der Waals surface area contributed by atoms with Gasteiger partial charge in [0.2, 0.25) is 0 Å². The summed E-state index contributed by atoms with van der Waals surface area (Å²) in [5.41, 5.74) is 1.13. The van der Waals surface area contributed by atoms with Crippen molar-refractivity contribution in [3.63, 3.8) is 0 Å². The fourth-order valence-electron chi connectivity index (χ4n) is 2.35. The van der Waals surface area contributed by atoms with E-state index >= 15 is 0 Å². The lowest BCUT2D eigenvalue weighted by Crippen LogP contribution is -2.55. The zero-order valence-electron chi connectivity index (χ0n) is 11.8. The third kappa shape index (κ3) is 3.47. The molecule has 1 aromatic rings. The van der Waals surface area contributed by atoms with Crippen molar-refractivity contribution in [3.05, 3.63) is 29.8 Å². The highest BCUT2D eigenvalue weighted by atomic mass is 16.5. The number of hydrogen-bond donors (Lipinski definition) is 1. The van der Waals surface area contributed by atoms with Crippen LogP contribution in [0.1, 0.15) is 19.4 Å². The Balaban J connectivity index is 1.99. The van der Waals surface area contributed by atoms with Crippen molar-refractivity contribution < 1.29 is 9.53 Å². The summed E-state index contributed by atoms with van der Waals surface area (Å²) >= 11 is 0. The molecule has 1 fully saturated rings. The molecule has 2 atom stereocenters.